The molecule has 7 nitrogen and oxygen atoms in total. The van der Waals surface area contributed by atoms with Crippen LogP contribution in [0.3, 0.4) is 0 Å². The van der Waals surface area contributed by atoms with Crippen LogP contribution < -0.4 is 10.8 Å². The minimum absolute atomic E-state index is 0.0857. The summed E-state index contributed by atoms with van der Waals surface area (Å²) in [6.07, 6.45) is -2.57. The number of nitrogens with zero attached hydrogens (tertiary/aromatic N) is 1. The number of benzene rings is 1. The zero-order valence-electron chi connectivity index (χ0n) is 15.5. The van der Waals surface area contributed by atoms with E-state index in [1.54, 1.807) is 0 Å². The maximum Gasteiger partial charge on any atom is 0.416 e. The Morgan fingerprint density at radius 1 is 1.29 bits per heavy atom. The molecule has 1 fully saturated rings. The minimum atomic E-state index is -4.62. The quantitative estimate of drug-likeness (QED) is 0.522. The predicted molar refractivity (Wildman–Crippen MR) is 95.8 cm³/mol. The molecule has 0 unspecified atom stereocenters. The Morgan fingerprint density at radius 2 is 1.96 bits per heavy atom. The molecule has 0 aliphatic carbocycles. The fourth-order valence-corrected chi connectivity index (χ4v) is 4.24. The largest absolute Gasteiger partial charge is 0.416 e. The van der Waals surface area contributed by atoms with Crippen molar-refractivity contribution in [1.29, 1.82) is 0 Å². The van der Waals surface area contributed by atoms with E-state index in [4.69, 9.17) is 4.84 Å². The topological polar surface area (TPSA) is 87.7 Å². The molecule has 158 valence electrons. The van der Waals surface area contributed by atoms with Gasteiger partial charge in [0.25, 0.3) is 0 Å². The molecule has 2 rings (SSSR count). The molecule has 0 atom stereocenters. The second-order valence-corrected chi connectivity index (χ2v) is 8.40. The lowest BCUT2D eigenvalue weighted by Gasteiger charge is -2.30. The van der Waals surface area contributed by atoms with Crippen LogP contribution in [0.5, 0.6) is 0 Å². The normalized spacial score (nSPS) is 16.7. The molecule has 28 heavy (non-hydrogen) atoms. The number of alkyl halides is 3. The summed E-state index contributed by atoms with van der Waals surface area (Å²) in [5.41, 5.74) is 1.27. The van der Waals surface area contributed by atoms with E-state index in [1.165, 1.54) is 0 Å². The van der Waals surface area contributed by atoms with Gasteiger partial charge in [-0.05, 0) is 37.5 Å². The molecular formula is C17H24F3N3O4S. The molecule has 0 spiro atoms. The Hall–Kier alpha value is -1.85. The SMILES string of the molecule is CCCCNC(=O)NOC1CCN(S(=O)(=O)c2cccc(C(F)(F)F)c2)CC1. The third-order valence-electron chi connectivity index (χ3n) is 4.33. The van der Waals surface area contributed by atoms with Crippen LogP contribution in [0.15, 0.2) is 29.2 Å². The molecule has 0 bridgehead atoms. The molecule has 1 heterocycles. The Bertz CT molecular complexity index is 763. The summed E-state index contributed by atoms with van der Waals surface area (Å²) in [4.78, 5) is 16.4. The number of amides is 2. The van der Waals surface area contributed by atoms with Crippen molar-refractivity contribution < 1.29 is 31.2 Å². The first-order chi connectivity index (χ1) is 13.1. The number of hydrogen-bond donors (Lipinski definition) is 2. The van der Waals surface area contributed by atoms with Gasteiger partial charge in [-0.1, -0.05) is 19.4 Å². The van der Waals surface area contributed by atoms with Crippen LogP contribution in [0.2, 0.25) is 0 Å². The summed E-state index contributed by atoms with van der Waals surface area (Å²) >= 11 is 0. The van der Waals surface area contributed by atoms with Gasteiger partial charge >= 0.3 is 12.2 Å². The number of halogens is 3. The summed E-state index contributed by atoms with van der Waals surface area (Å²) in [6.45, 7) is 2.70. The maximum atomic E-state index is 12.8. The zero-order chi connectivity index (χ0) is 20.8. The Morgan fingerprint density at radius 3 is 2.57 bits per heavy atom. The van der Waals surface area contributed by atoms with Crippen molar-refractivity contribution in [3.63, 3.8) is 0 Å². The van der Waals surface area contributed by atoms with Gasteiger partial charge in [0.05, 0.1) is 16.6 Å². The number of sulfonamides is 1. The van der Waals surface area contributed by atoms with Gasteiger partial charge < -0.3 is 5.32 Å². The molecule has 2 amide bonds. The van der Waals surface area contributed by atoms with E-state index in [0.29, 0.717) is 25.5 Å². The predicted octanol–water partition coefficient (Wildman–Crippen LogP) is 2.89. The van der Waals surface area contributed by atoms with E-state index in [-0.39, 0.29) is 19.2 Å². The third-order valence-corrected chi connectivity index (χ3v) is 6.23. The van der Waals surface area contributed by atoms with Crippen LogP contribution >= 0.6 is 0 Å². The number of hydroxylamine groups is 1. The lowest BCUT2D eigenvalue weighted by molar-refractivity contribution is -0.137. The highest BCUT2D eigenvalue weighted by Gasteiger charge is 2.34. The molecule has 1 aliphatic heterocycles. The van der Waals surface area contributed by atoms with Crippen molar-refractivity contribution >= 4 is 16.1 Å². The van der Waals surface area contributed by atoms with Crippen LogP contribution in [-0.4, -0.2) is 44.5 Å². The minimum Gasteiger partial charge on any atom is -0.336 e. The highest BCUT2D eigenvalue weighted by molar-refractivity contribution is 7.89. The molecule has 1 aromatic carbocycles. The van der Waals surface area contributed by atoms with E-state index >= 15 is 0 Å². The second kappa shape index (κ2) is 9.57. The van der Waals surface area contributed by atoms with Gasteiger partial charge in [-0.2, -0.15) is 17.5 Å². The molecule has 1 aliphatic rings. The number of urea groups is 1. The summed E-state index contributed by atoms with van der Waals surface area (Å²) in [6, 6.07) is 3.23. The maximum absolute atomic E-state index is 12.8. The van der Waals surface area contributed by atoms with Crippen LogP contribution in [0, 0.1) is 0 Å². The first kappa shape index (κ1) is 22.4. The molecular weight excluding hydrogens is 399 g/mol. The van der Waals surface area contributed by atoms with Gasteiger partial charge in [0.15, 0.2) is 0 Å². The lowest BCUT2D eigenvalue weighted by atomic mass is 10.1. The van der Waals surface area contributed by atoms with Crippen LogP contribution in [0.25, 0.3) is 0 Å². The van der Waals surface area contributed by atoms with Crippen molar-refractivity contribution in [3.05, 3.63) is 29.8 Å². The van der Waals surface area contributed by atoms with Crippen molar-refractivity contribution in [2.24, 2.45) is 0 Å². The van der Waals surface area contributed by atoms with Gasteiger partial charge in [0, 0.05) is 19.6 Å². The molecule has 0 radical (unpaired) electrons. The molecule has 0 saturated carbocycles. The van der Waals surface area contributed by atoms with Gasteiger partial charge in [-0.25, -0.2) is 18.7 Å². The summed E-state index contributed by atoms with van der Waals surface area (Å²) in [7, 11) is -4.04. The van der Waals surface area contributed by atoms with Crippen LogP contribution in [-0.2, 0) is 21.0 Å². The highest BCUT2D eigenvalue weighted by Crippen LogP contribution is 2.31. The molecule has 1 aromatic rings. The molecule has 11 heteroatoms. The van der Waals surface area contributed by atoms with Crippen molar-refractivity contribution in [1.82, 2.24) is 15.1 Å². The fraction of sp³-hybridized carbons (Fsp3) is 0.588. The first-order valence-electron chi connectivity index (χ1n) is 9.01. The lowest BCUT2D eigenvalue weighted by Crippen LogP contribution is -2.44. The van der Waals surface area contributed by atoms with E-state index < -0.39 is 32.7 Å². The summed E-state index contributed by atoms with van der Waals surface area (Å²) in [5, 5.41) is 2.62. The van der Waals surface area contributed by atoms with E-state index in [9.17, 15) is 26.4 Å². The molecule has 2 N–H and O–H groups in total. The van der Waals surface area contributed by atoms with Gasteiger partial charge in [0.2, 0.25) is 10.0 Å². The van der Waals surface area contributed by atoms with Gasteiger partial charge in [0.1, 0.15) is 0 Å². The number of piperidine rings is 1. The number of unbranched alkanes of at least 4 members (excludes halogenated alkanes) is 1. The van der Waals surface area contributed by atoms with E-state index in [2.05, 4.69) is 10.8 Å². The summed E-state index contributed by atoms with van der Waals surface area (Å²) in [5.74, 6) is 0. The van der Waals surface area contributed by atoms with Crippen LogP contribution in [0.1, 0.15) is 38.2 Å². The first-order valence-corrected chi connectivity index (χ1v) is 10.5. The standard InChI is InChI=1S/C17H24F3N3O4S/c1-2-3-9-21-16(24)22-27-14-7-10-23(11-8-14)28(25,26)15-6-4-5-13(12-15)17(18,19)20/h4-6,12,14H,2-3,7-11H2,1H3,(H2,21,22,24). The number of nitrogens with one attached hydrogen (secondary N) is 2. The average molecular weight is 423 g/mol. The van der Waals surface area contributed by atoms with E-state index in [1.807, 2.05) is 6.92 Å². The number of rotatable bonds is 7. The highest BCUT2D eigenvalue weighted by atomic mass is 32.2. The third kappa shape index (κ3) is 6.08. The van der Waals surface area contributed by atoms with Crippen molar-refractivity contribution in [2.45, 2.75) is 49.8 Å². The van der Waals surface area contributed by atoms with Crippen LogP contribution in [0.4, 0.5) is 18.0 Å². The Kier molecular flexibility index (Phi) is 7.67. The smallest absolute Gasteiger partial charge is 0.336 e. The number of carbonyl (C=O) groups is 1. The Labute approximate surface area is 162 Å². The average Bonchev–Trinajstić information content (AvgIpc) is 2.66. The summed E-state index contributed by atoms with van der Waals surface area (Å²) < 4.78 is 64.9. The number of carbonyl (C=O) groups excluding carboxylic acids is 1. The second-order valence-electron chi connectivity index (χ2n) is 6.46. The van der Waals surface area contributed by atoms with Gasteiger partial charge in [-0.15, -0.1) is 0 Å². The zero-order valence-corrected chi connectivity index (χ0v) is 16.3. The van der Waals surface area contributed by atoms with Crippen molar-refractivity contribution in [3.8, 4) is 0 Å². The monoisotopic (exact) mass is 423 g/mol. The Balaban J connectivity index is 1.89. The fourth-order valence-electron chi connectivity index (χ4n) is 2.72. The molecule has 0 aromatic heterocycles. The van der Waals surface area contributed by atoms with Crippen molar-refractivity contribution in [2.75, 3.05) is 19.6 Å². The molecule has 1 saturated heterocycles. The van der Waals surface area contributed by atoms with E-state index in [0.717, 1.165) is 35.3 Å². The van der Waals surface area contributed by atoms with Gasteiger partial charge in [-0.3, -0.25) is 4.84 Å². The number of hydrogen-bond acceptors (Lipinski definition) is 4.